The fourth-order valence-electron chi connectivity index (χ4n) is 0.646. The summed E-state index contributed by atoms with van der Waals surface area (Å²) in [7, 11) is 1.63. The van der Waals surface area contributed by atoms with E-state index >= 15 is 0 Å². The number of rotatable bonds is 3. The molecule has 1 rings (SSSR count). The van der Waals surface area contributed by atoms with Crippen LogP contribution in [0.5, 0.6) is 0 Å². The molecule has 2 amide bonds. The van der Waals surface area contributed by atoms with Crippen LogP contribution in [0.2, 0.25) is 0 Å². The maximum absolute atomic E-state index is 11.0. The molecule has 1 heterocycles. The van der Waals surface area contributed by atoms with Gasteiger partial charge in [-0.25, -0.2) is 9.48 Å². The molecule has 0 fully saturated rings. The number of carbonyl (C=O) groups is 1. The molecule has 1 aromatic rings. The Morgan fingerprint density at radius 1 is 1.77 bits per heavy atom. The van der Waals surface area contributed by atoms with Crippen LogP contribution in [0.25, 0.3) is 0 Å². The first kappa shape index (κ1) is 9.17. The summed E-state index contributed by atoms with van der Waals surface area (Å²) in [5, 5.41) is 15.4. The van der Waals surface area contributed by atoms with Gasteiger partial charge in [0.15, 0.2) is 0 Å². The molecule has 0 aliphatic carbocycles. The van der Waals surface area contributed by atoms with Gasteiger partial charge in [-0.3, -0.25) is 5.32 Å². The predicted octanol–water partition coefficient (Wildman–Crippen LogP) is -0.482. The van der Waals surface area contributed by atoms with Crippen molar-refractivity contribution in [3.8, 4) is 0 Å². The average Bonchev–Trinajstić information content (AvgIpc) is 2.48. The molecule has 0 saturated heterocycles. The smallest absolute Gasteiger partial charge is 0.321 e. The number of hydrogen-bond acceptors (Lipinski definition) is 4. The number of hydrogen-bond donors (Lipinski definition) is 2. The van der Waals surface area contributed by atoms with Gasteiger partial charge in [-0.15, -0.1) is 6.58 Å². The molecular formula is C6H10N6O. The van der Waals surface area contributed by atoms with Crippen LogP contribution in [-0.4, -0.2) is 32.8 Å². The van der Waals surface area contributed by atoms with Gasteiger partial charge >= 0.3 is 6.03 Å². The maximum atomic E-state index is 11.0. The van der Waals surface area contributed by atoms with Crippen molar-refractivity contribution >= 4 is 12.0 Å². The second-order valence-electron chi connectivity index (χ2n) is 2.25. The van der Waals surface area contributed by atoms with Crippen LogP contribution in [0.15, 0.2) is 12.7 Å². The number of carbonyl (C=O) groups excluding carboxylic acids is 1. The number of tetrazole rings is 1. The van der Waals surface area contributed by atoms with Crippen molar-refractivity contribution in [2.24, 2.45) is 7.05 Å². The molecule has 0 atom stereocenters. The summed E-state index contributed by atoms with van der Waals surface area (Å²) in [5.74, 6) is 0.293. The van der Waals surface area contributed by atoms with Crippen LogP contribution in [0.4, 0.5) is 10.7 Å². The molecule has 2 N–H and O–H groups in total. The summed E-state index contributed by atoms with van der Waals surface area (Å²) in [4.78, 5) is 11.0. The molecule has 0 unspecified atom stereocenters. The SMILES string of the molecule is C=CCNC(=O)Nc1nnnn1C. The van der Waals surface area contributed by atoms with Crippen LogP contribution in [0.3, 0.4) is 0 Å². The van der Waals surface area contributed by atoms with Gasteiger partial charge in [0.25, 0.3) is 5.95 Å². The molecule has 7 nitrogen and oxygen atoms in total. The Morgan fingerprint density at radius 3 is 3.08 bits per heavy atom. The summed E-state index contributed by atoms with van der Waals surface area (Å²) >= 11 is 0. The van der Waals surface area contributed by atoms with Gasteiger partial charge in [-0.05, 0) is 10.4 Å². The minimum absolute atomic E-state index is 0.293. The largest absolute Gasteiger partial charge is 0.334 e. The van der Waals surface area contributed by atoms with E-state index in [-0.39, 0.29) is 6.03 Å². The zero-order valence-corrected chi connectivity index (χ0v) is 7.19. The van der Waals surface area contributed by atoms with Gasteiger partial charge < -0.3 is 5.32 Å². The van der Waals surface area contributed by atoms with E-state index in [0.29, 0.717) is 12.5 Å². The minimum Gasteiger partial charge on any atom is -0.334 e. The number of anilines is 1. The summed E-state index contributed by atoms with van der Waals surface area (Å²) < 4.78 is 1.35. The Morgan fingerprint density at radius 2 is 2.54 bits per heavy atom. The number of amides is 2. The summed E-state index contributed by atoms with van der Waals surface area (Å²) in [6.45, 7) is 3.86. The summed E-state index contributed by atoms with van der Waals surface area (Å²) in [5.41, 5.74) is 0. The number of aromatic nitrogens is 4. The molecule has 1 aromatic heterocycles. The third kappa shape index (κ3) is 2.55. The zero-order valence-electron chi connectivity index (χ0n) is 7.19. The second kappa shape index (κ2) is 4.19. The van der Waals surface area contributed by atoms with Crippen LogP contribution in [-0.2, 0) is 7.05 Å². The highest BCUT2D eigenvalue weighted by atomic mass is 16.2. The van der Waals surface area contributed by atoms with Crippen molar-refractivity contribution in [1.29, 1.82) is 0 Å². The monoisotopic (exact) mass is 182 g/mol. The van der Waals surface area contributed by atoms with Gasteiger partial charge in [-0.1, -0.05) is 11.2 Å². The highest BCUT2D eigenvalue weighted by molar-refractivity contribution is 5.87. The number of nitrogens with zero attached hydrogens (tertiary/aromatic N) is 4. The molecule has 0 aliphatic rings. The van der Waals surface area contributed by atoms with E-state index < -0.39 is 0 Å². The van der Waals surface area contributed by atoms with Crippen molar-refractivity contribution in [3.63, 3.8) is 0 Å². The van der Waals surface area contributed by atoms with Gasteiger partial charge in [0.05, 0.1) is 0 Å². The van der Waals surface area contributed by atoms with Crippen LogP contribution in [0.1, 0.15) is 0 Å². The topological polar surface area (TPSA) is 84.7 Å². The van der Waals surface area contributed by atoms with E-state index in [4.69, 9.17) is 0 Å². The standard InChI is InChI=1S/C6H10N6O/c1-3-4-7-6(13)8-5-9-10-11-12(5)2/h3H,1,4H2,2H3,(H2,7,8,9,11,13). The lowest BCUT2D eigenvalue weighted by Crippen LogP contribution is -2.29. The van der Waals surface area contributed by atoms with Gasteiger partial charge in [-0.2, -0.15) is 0 Å². The van der Waals surface area contributed by atoms with Crippen molar-refractivity contribution < 1.29 is 4.79 Å². The van der Waals surface area contributed by atoms with Crippen molar-refractivity contribution in [1.82, 2.24) is 25.5 Å². The first-order valence-electron chi connectivity index (χ1n) is 3.62. The molecule has 0 aromatic carbocycles. The predicted molar refractivity (Wildman–Crippen MR) is 46.0 cm³/mol. The van der Waals surface area contributed by atoms with Crippen LogP contribution < -0.4 is 10.6 Å². The van der Waals surface area contributed by atoms with E-state index in [2.05, 4.69) is 32.7 Å². The van der Waals surface area contributed by atoms with Crippen molar-refractivity contribution in [3.05, 3.63) is 12.7 Å². The highest BCUT2D eigenvalue weighted by Gasteiger charge is 2.04. The van der Waals surface area contributed by atoms with Gasteiger partial charge in [0.1, 0.15) is 0 Å². The Bertz CT molecular complexity index is 306. The fourth-order valence-corrected chi connectivity index (χ4v) is 0.646. The van der Waals surface area contributed by atoms with Crippen LogP contribution >= 0.6 is 0 Å². The Balaban J connectivity index is 2.45. The Hall–Kier alpha value is -1.92. The highest BCUT2D eigenvalue weighted by Crippen LogP contribution is 1.93. The third-order valence-corrected chi connectivity index (χ3v) is 1.25. The van der Waals surface area contributed by atoms with Gasteiger partial charge in [0, 0.05) is 13.6 Å². The zero-order chi connectivity index (χ0) is 9.68. The molecule has 0 aliphatic heterocycles. The van der Waals surface area contributed by atoms with E-state index in [0.717, 1.165) is 0 Å². The first-order valence-corrected chi connectivity index (χ1v) is 3.62. The number of aryl methyl sites for hydroxylation is 1. The second-order valence-corrected chi connectivity index (χ2v) is 2.25. The molecule has 0 radical (unpaired) electrons. The third-order valence-electron chi connectivity index (χ3n) is 1.25. The molecule has 0 spiro atoms. The first-order chi connectivity index (χ1) is 6.24. The molecule has 70 valence electrons. The van der Waals surface area contributed by atoms with E-state index in [1.54, 1.807) is 13.1 Å². The molecular weight excluding hydrogens is 172 g/mol. The van der Waals surface area contributed by atoms with E-state index in [1.807, 2.05) is 0 Å². The molecule has 7 heteroatoms. The van der Waals surface area contributed by atoms with E-state index in [9.17, 15) is 4.79 Å². The fraction of sp³-hybridized carbons (Fsp3) is 0.333. The number of urea groups is 1. The lowest BCUT2D eigenvalue weighted by Gasteiger charge is -2.02. The molecule has 13 heavy (non-hydrogen) atoms. The van der Waals surface area contributed by atoms with E-state index in [1.165, 1.54) is 4.68 Å². The minimum atomic E-state index is -0.363. The van der Waals surface area contributed by atoms with Crippen molar-refractivity contribution in [2.75, 3.05) is 11.9 Å². The molecule has 0 saturated carbocycles. The number of nitrogens with one attached hydrogen (secondary N) is 2. The lowest BCUT2D eigenvalue weighted by atomic mass is 10.6. The average molecular weight is 182 g/mol. The normalized spacial score (nSPS) is 9.31. The van der Waals surface area contributed by atoms with Crippen molar-refractivity contribution in [2.45, 2.75) is 0 Å². The Kier molecular flexibility index (Phi) is 2.96. The van der Waals surface area contributed by atoms with Crippen LogP contribution in [0, 0.1) is 0 Å². The summed E-state index contributed by atoms with van der Waals surface area (Å²) in [6.07, 6.45) is 1.58. The maximum Gasteiger partial charge on any atom is 0.321 e. The lowest BCUT2D eigenvalue weighted by molar-refractivity contribution is 0.252. The summed E-state index contributed by atoms with van der Waals surface area (Å²) in [6, 6.07) is -0.363. The van der Waals surface area contributed by atoms with Gasteiger partial charge in [0.2, 0.25) is 0 Å². The Labute approximate surface area is 74.8 Å². The molecule has 0 bridgehead atoms. The quantitative estimate of drug-likeness (QED) is 0.618.